The van der Waals surface area contributed by atoms with E-state index in [1.807, 2.05) is 20.3 Å². The molecule has 0 radical (unpaired) electrons. The van der Waals surface area contributed by atoms with Gasteiger partial charge in [-0.1, -0.05) is 0 Å². The first-order valence-electron chi connectivity index (χ1n) is 8.80. The van der Waals surface area contributed by atoms with Crippen molar-refractivity contribution < 1.29 is 13.2 Å². The quantitative estimate of drug-likeness (QED) is 0.768. The Morgan fingerprint density at radius 3 is 2.50 bits per heavy atom. The second-order valence-corrected chi connectivity index (χ2v) is 6.93. The summed E-state index contributed by atoms with van der Waals surface area (Å²) in [5.74, 6) is 1.30. The molecule has 0 spiro atoms. The minimum Gasteiger partial charge on any atom is -0.333 e. The Morgan fingerprint density at radius 2 is 1.89 bits per heavy atom. The van der Waals surface area contributed by atoms with E-state index < -0.39 is 11.9 Å². The maximum atomic E-state index is 13.0. The van der Waals surface area contributed by atoms with Gasteiger partial charge in [-0.15, -0.1) is 24.8 Å². The molecule has 0 unspecified atom stereocenters. The molecule has 0 bridgehead atoms. The van der Waals surface area contributed by atoms with Gasteiger partial charge < -0.3 is 14.8 Å². The van der Waals surface area contributed by atoms with Gasteiger partial charge in [-0.05, 0) is 52.2 Å². The van der Waals surface area contributed by atoms with Crippen LogP contribution in [0.5, 0.6) is 0 Å². The van der Waals surface area contributed by atoms with Gasteiger partial charge >= 0.3 is 6.18 Å². The molecule has 28 heavy (non-hydrogen) atoms. The lowest BCUT2D eigenvalue weighted by Gasteiger charge is -2.23. The Labute approximate surface area is 175 Å². The molecule has 1 aliphatic rings. The Balaban J connectivity index is 0.00000196. The van der Waals surface area contributed by atoms with Gasteiger partial charge in [0.2, 0.25) is 0 Å². The molecule has 0 amide bonds. The smallest absolute Gasteiger partial charge is 0.333 e. The highest BCUT2D eigenvalue weighted by atomic mass is 35.5. The van der Waals surface area contributed by atoms with Crippen molar-refractivity contribution in [3.05, 3.63) is 36.0 Å². The van der Waals surface area contributed by atoms with Gasteiger partial charge in [0.05, 0.1) is 5.69 Å². The fourth-order valence-corrected chi connectivity index (χ4v) is 3.21. The number of aromatic nitrogens is 3. The van der Waals surface area contributed by atoms with E-state index in [-0.39, 0.29) is 24.8 Å². The van der Waals surface area contributed by atoms with E-state index in [4.69, 9.17) is 4.98 Å². The number of alkyl halides is 3. The molecule has 1 saturated heterocycles. The second-order valence-electron chi connectivity index (χ2n) is 6.93. The molecular formula is C18H26Cl2F3N5. The van der Waals surface area contributed by atoms with Gasteiger partial charge in [-0.3, -0.25) is 4.98 Å². The molecule has 0 aliphatic carbocycles. The van der Waals surface area contributed by atoms with Crippen LogP contribution in [0.2, 0.25) is 0 Å². The number of imidazole rings is 1. The fourth-order valence-electron chi connectivity index (χ4n) is 3.21. The lowest BCUT2D eigenvalue weighted by molar-refractivity contribution is -0.141. The van der Waals surface area contributed by atoms with Gasteiger partial charge in [0.15, 0.2) is 0 Å². The van der Waals surface area contributed by atoms with Crippen molar-refractivity contribution in [2.24, 2.45) is 0 Å². The molecule has 2 aromatic rings. The monoisotopic (exact) mass is 439 g/mol. The zero-order chi connectivity index (χ0) is 18.7. The predicted molar refractivity (Wildman–Crippen MR) is 108 cm³/mol. The molecule has 10 heteroatoms. The number of halogens is 5. The van der Waals surface area contributed by atoms with E-state index >= 15 is 0 Å². The lowest BCUT2D eigenvalue weighted by Crippen LogP contribution is -2.28. The summed E-state index contributed by atoms with van der Waals surface area (Å²) < 4.78 is 41.0. The first-order valence-corrected chi connectivity index (χ1v) is 8.80. The van der Waals surface area contributed by atoms with E-state index in [0.717, 1.165) is 50.9 Å². The number of hydrogen-bond acceptors (Lipinski definition) is 4. The van der Waals surface area contributed by atoms with Crippen molar-refractivity contribution in [1.29, 1.82) is 0 Å². The Kier molecular flexibility index (Phi) is 9.20. The molecule has 1 N–H and O–H groups in total. The third kappa shape index (κ3) is 6.07. The molecule has 0 atom stereocenters. The average molecular weight is 440 g/mol. The van der Waals surface area contributed by atoms with Crippen LogP contribution < -0.4 is 5.32 Å². The Morgan fingerprint density at radius 1 is 1.21 bits per heavy atom. The van der Waals surface area contributed by atoms with E-state index in [9.17, 15) is 13.2 Å². The maximum Gasteiger partial charge on any atom is 0.433 e. The largest absolute Gasteiger partial charge is 0.433 e. The minimum absolute atomic E-state index is 0. The normalized spacial score (nSPS) is 15.2. The van der Waals surface area contributed by atoms with Crippen LogP contribution in [0.25, 0.3) is 11.3 Å². The molecular weight excluding hydrogens is 414 g/mol. The van der Waals surface area contributed by atoms with Crippen LogP contribution in [0.4, 0.5) is 13.2 Å². The molecule has 0 saturated carbocycles. The third-order valence-corrected chi connectivity index (χ3v) is 4.65. The Hall–Kier alpha value is -1.35. The van der Waals surface area contributed by atoms with Gasteiger partial charge in [0.25, 0.3) is 0 Å². The van der Waals surface area contributed by atoms with Gasteiger partial charge in [-0.2, -0.15) is 13.2 Å². The van der Waals surface area contributed by atoms with Crippen molar-refractivity contribution in [2.45, 2.75) is 31.5 Å². The summed E-state index contributed by atoms with van der Waals surface area (Å²) in [7, 11) is 4.00. The van der Waals surface area contributed by atoms with Crippen LogP contribution in [0.3, 0.4) is 0 Å². The van der Waals surface area contributed by atoms with E-state index in [1.54, 1.807) is 6.07 Å². The lowest BCUT2D eigenvalue weighted by atomic mass is 9.97. The average Bonchev–Trinajstić information content (AvgIpc) is 3.04. The van der Waals surface area contributed by atoms with Crippen LogP contribution in [0.1, 0.15) is 30.3 Å². The van der Waals surface area contributed by atoms with Crippen molar-refractivity contribution in [3.8, 4) is 11.3 Å². The SMILES string of the molecule is CN(C)CCn1cc(-c2ccnc(C(F)(F)F)c2)nc1C1CCNCC1.Cl.Cl. The number of piperidine rings is 1. The van der Waals surface area contributed by atoms with Gasteiger partial charge in [-0.25, -0.2) is 4.98 Å². The first kappa shape index (κ1) is 24.7. The molecule has 2 aromatic heterocycles. The van der Waals surface area contributed by atoms with Gasteiger partial charge in [0, 0.05) is 37.0 Å². The third-order valence-electron chi connectivity index (χ3n) is 4.65. The molecule has 3 rings (SSSR count). The second kappa shape index (κ2) is 10.4. The summed E-state index contributed by atoms with van der Waals surface area (Å²) in [6.07, 6.45) is 0.587. The molecule has 5 nitrogen and oxygen atoms in total. The van der Waals surface area contributed by atoms with Crippen LogP contribution in [-0.4, -0.2) is 53.2 Å². The fraction of sp³-hybridized carbons (Fsp3) is 0.556. The van der Waals surface area contributed by atoms with Crippen molar-refractivity contribution >= 4 is 24.8 Å². The molecule has 158 valence electrons. The zero-order valence-electron chi connectivity index (χ0n) is 15.9. The van der Waals surface area contributed by atoms with E-state index in [1.165, 1.54) is 6.20 Å². The summed E-state index contributed by atoms with van der Waals surface area (Å²) in [6.45, 7) is 3.48. The highest BCUT2D eigenvalue weighted by Crippen LogP contribution is 2.32. The van der Waals surface area contributed by atoms with Crippen molar-refractivity contribution in [2.75, 3.05) is 33.7 Å². The molecule has 0 aromatic carbocycles. The van der Waals surface area contributed by atoms with Gasteiger partial charge in [0.1, 0.15) is 11.5 Å². The topological polar surface area (TPSA) is 46.0 Å². The van der Waals surface area contributed by atoms with Crippen LogP contribution in [0.15, 0.2) is 24.5 Å². The molecule has 1 fully saturated rings. The number of pyridine rings is 1. The number of hydrogen-bond donors (Lipinski definition) is 1. The number of nitrogens with one attached hydrogen (secondary N) is 1. The predicted octanol–water partition coefficient (Wildman–Crippen LogP) is 3.84. The highest BCUT2D eigenvalue weighted by molar-refractivity contribution is 5.85. The van der Waals surface area contributed by atoms with Crippen molar-refractivity contribution in [3.63, 3.8) is 0 Å². The maximum absolute atomic E-state index is 13.0. The molecule has 3 heterocycles. The summed E-state index contributed by atoms with van der Waals surface area (Å²) in [5.41, 5.74) is 0.137. The number of likely N-dealkylation sites (N-methyl/N-ethyl adjacent to an activating group) is 1. The van der Waals surface area contributed by atoms with Crippen LogP contribution in [-0.2, 0) is 12.7 Å². The van der Waals surface area contributed by atoms with Crippen LogP contribution in [0, 0.1) is 0 Å². The standard InChI is InChI=1S/C18H24F3N5.2ClH/c1-25(2)9-10-26-12-15(24-17(26)13-3-6-22-7-4-13)14-5-8-23-16(11-14)18(19,20)21;;/h5,8,11-13,22H,3-4,6-7,9-10H2,1-2H3;2*1H. The van der Waals surface area contributed by atoms with Crippen LogP contribution >= 0.6 is 24.8 Å². The minimum atomic E-state index is -4.46. The zero-order valence-corrected chi connectivity index (χ0v) is 17.5. The summed E-state index contributed by atoms with van der Waals surface area (Å²) in [4.78, 5) is 10.3. The van der Waals surface area contributed by atoms with E-state index in [0.29, 0.717) is 17.2 Å². The van der Waals surface area contributed by atoms with E-state index in [2.05, 4.69) is 19.8 Å². The summed E-state index contributed by atoms with van der Waals surface area (Å²) in [5, 5.41) is 3.34. The first-order chi connectivity index (χ1) is 12.3. The summed E-state index contributed by atoms with van der Waals surface area (Å²) >= 11 is 0. The van der Waals surface area contributed by atoms with Crippen molar-refractivity contribution in [1.82, 2.24) is 24.8 Å². The number of rotatable bonds is 5. The number of nitrogens with zero attached hydrogens (tertiary/aromatic N) is 4. The molecule has 1 aliphatic heterocycles. The highest BCUT2D eigenvalue weighted by Gasteiger charge is 2.32. The summed E-state index contributed by atoms with van der Waals surface area (Å²) in [6, 6.07) is 2.66. The Bertz CT molecular complexity index is 743.